The molecule has 156 valence electrons. The number of carbonyl (C=O) groups excluding carboxylic acids is 1. The highest BCUT2D eigenvalue weighted by atomic mass is 16.5. The maximum atomic E-state index is 12.5. The normalized spacial score (nSPS) is 10.4. The Morgan fingerprint density at radius 2 is 1.63 bits per heavy atom. The molecule has 1 amide bonds. The molecule has 2 aromatic carbocycles. The van der Waals surface area contributed by atoms with Crippen LogP contribution in [0.1, 0.15) is 5.56 Å². The van der Waals surface area contributed by atoms with E-state index in [1.807, 2.05) is 13.0 Å². The van der Waals surface area contributed by atoms with E-state index in [0.717, 1.165) is 15.8 Å². The summed E-state index contributed by atoms with van der Waals surface area (Å²) in [4.78, 5) is 24.8. The largest absolute Gasteiger partial charge is 0.495 e. The first-order valence-electron chi connectivity index (χ1n) is 9.20. The van der Waals surface area contributed by atoms with Gasteiger partial charge in [-0.15, -0.1) is 0 Å². The van der Waals surface area contributed by atoms with E-state index in [4.69, 9.17) is 14.2 Å². The average Bonchev–Trinajstić information content (AvgIpc) is 2.75. The number of aromatic nitrogens is 2. The summed E-state index contributed by atoms with van der Waals surface area (Å²) >= 11 is 0. The van der Waals surface area contributed by atoms with Gasteiger partial charge in [-0.1, -0.05) is 6.07 Å². The zero-order valence-electron chi connectivity index (χ0n) is 17.3. The van der Waals surface area contributed by atoms with Gasteiger partial charge in [0.25, 0.3) is 5.56 Å². The summed E-state index contributed by atoms with van der Waals surface area (Å²) in [5.74, 6) is 1.27. The molecule has 8 nitrogen and oxygen atoms in total. The van der Waals surface area contributed by atoms with E-state index in [1.54, 1.807) is 50.6 Å². The quantitative estimate of drug-likeness (QED) is 0.645. The lowest BCUT2D eigenvalue weighted by Gasteiger charge is -2.12. The molecule has 1 N–H and O–H groups in total. The zero-order chi connectivity index (χ0) is 21.7. The molecule has 0 unspecified atom stereocenters. The highest BCUT2D eigenvalue weighted by molar-refractivity contribution is 5.92. The van der Waals surface area contributed by atoms with Crippen LogP contribution in [-0.4, -0.2) is 37.0 Å². The van der Waals surface area contributed by atoms with Gasteiger partial charge in [-0.2, -0.15) is 5.10 Å². The van der Waals surface area contributed by atoms with Gasteiger partial charge in [0.2, 0.25) is 5.91 Å². The lowest BCUT2D eigenvalue weighted by atomic mass is 10.1. The third-order valence-electron chi connectivity index (χ3n) is 4.47. The van der Waals surface area contributed by atoms with Crippen LogP contribution in [0.25, 0.3) is 11.3 Å². The molecule has 0 radical (unpaired) electrons. The Morgan fingerprint density at radius 3 is 2.33 bits per heavy atom. The van der Waals surface area contributed by atoms with E-state index < -0.39 is 5.91 Å². The molecule has 0 fully saturated rings. The van der Waals surface area contributed by atoms with E-state index >= 15 is 0 Å². The molecule has 1 aromatic heterocycles. The molecule has 0 aliphatic heterocycles. The van der Waals surface area contributed by atoms with E-state index in [9.17, 15) is 9.59 Å². The van der Waals surface area contributed by atoms with Gasteiger partial charge >= 0.3 is 0 Å². The van der Waals surface area contributed by atoms with E-state index in [1.165, 1.54) is 13.2 Å². The lowest BCUT2D eigenvalue weighted by molar-refractivity contribution is -0.117. The maximum absolute atomic E-state index is 12.5. The molecular formula is C22H23N3O5. The number of hydrogen-bond donors (Lipinski definition) is 1. The second-order valence-electron chi connectivity index (χ2n) is 6.54. The fourth-order valence-corrected chi connectivity index (χ4v) is 2.96. The monoisotopic (exact) mass is 409 g/mol. The van der Waals surface area contributed by atoms with Crippen molar-refractivity contribution < 1.29 is 19.0 Å². The Labute approximate surface area is 174 Å². The number of anilines is 1. The molecule has 0 aliphatic rings. The van der Waals surface area contributed by atoms with Crippen molar-refractivity contribution >= 4 is 11.6 Å². The molecule has 0 aliphatic carbocycles. The first-order valence-corrected chi connectivity index (χ1v) is 9.20. The molecule has 30 heavy (non-hydrogen) atoms. The fourth-order valence-electron chi connectivity index (χ4n) is 2.96. The molecule has 0 bridgehead atoms. The van der Waals surface area contributed by atoms with Gasteiger partial charge in [0.15, 0.2) is 11.5 Å². The number of nitrogens with zero attached hydrogens (tertiary/aromatic N) is 2. The van der Waals surface area contributed by atoms with E-state index in [-0.39, 0.29) is 12.1 Å². The van der Waals surface area contributed by atoms with Gasteiger partial charge in [-0.3, -0.25) is 9.59 Å². The number of benzene rings is 2. The molecule has 0 spiro atoms. The summed E-state index contributed by atoms with van der Waals surface area (Å²) in [7, 11) is 4.62. The second-order valence-corrected chi connectivity index (χ2v) is 6.54. The minimum atomic E-state index is -0.391. The first kappa shape index (κ1) is 20.9. The third kappa shape index (κ3) is 4.60. The van der Waals surface area contributed by atoms with Crippen molar-refractivity contribution in [2.75, 3.05) is 26.6 Å². The molecule has 1 heterocycles. The number of carbonyl (C=O) groups is 1. The highest BCUT2D eigenvalue weighted by Crippen LogP contribution is 2.31. The van der Waals surface area contributed by atoms with Crippen LogP contribution in [0, 0.1) is 6.92 Å². The predicted octanol–water partition coefficient (Wildman–Crippen LogP) is 2.88. The van der Waals surface area contributed by atoms with Gasteiger partial charge < -0.3 is 19.5 Å². The fraction of sp³-hybridized carbons (Fsp3) is 0.227. The van der Waals surface area contributed by atoms with Gasteiger partial charge in [-0.25, -0.2) is 4.68 Å². The topological polar surface area (TPSA) is 91.7 Å². The SMILES string of the molecule is COc1ccc(C)cc1NC(=O)Cn1nc(-c2ccc(OC)c(OC)c2)ccc1=O. The summed E-state index contributed by atoms with van der Waals surface area (Å²) in [6.45, 7) is 1.67. The molecule has 0 saturated heterocycles. The Hall–Kier alpha value is -3.81. The molecule has 8 heteroatoms. The van der Waals surface area contributed by atoms with Gasteiger partial charge in [0, 0.05) is 11.6 Å². The zero-order valence-corrected chi connectivity index (χ0v) is 17.3. The number of nitrogens with one attached hydrogen (secondary N) is 1. The average molecular weight is 409 g/mol. The molecule has 3 rings (SSSR count). The van der Waals surface area contributed by atoms with Gasteiger partial charge in [-0.05, 0) is 48.9 Å². The number of amides is 1. The van der Waals surface area contributed by atoms with Crippen LogP contribution in [-0.2, 0) is 11.3 Å². The van der Waals surface area contributed by atoms with Crippen LogP contribution in [0.4, 0.5) is 5.69 Å². The Kier molecular flexibility index (Phi) is 6.36. The number of ether oxygens (including phenoxy) is 3. The van der Waals surface area contributed by atoms with Crippen molar-refractivity contribution in [1.29, 1.82) is 0 Å². The smallest absolute Gasteiger partial charge is 0.267 e. The molecule has 0 atom stereocenters. The van der Waals surface area contributed by atoms with Crippen LogP contribution < -0.4 is 25.1 Å². The van der Waals surface area contributed by atoms with Crippen molar-refractivity contribution in [3.63, 3.8) is 0 Å². The molecular weight excluding hydrogens is 386 g/mol. The van der Waals surface area contributed by atoms with E-state index in [0.29, 0.717) is 28.6 Å². The standard InChI is InChI=1S/C22H23N3O5/c1-14-5-8-18(28-2)17(11-14)23-21(26)13-25-22(27)10-7-16(24-25)15-6-9-19(29-3)20(12-15)30-4/h5-12H,13H2,1-4H3,(H,23,26). The Balaban J connectivity index is 1.85. The number of methoxy groups -OCH3 is 3. The van der Waals surface area contributed by atoms with Crippen LogP contribution in [0.3, 0.4) is 0 Å². The minimum absolute atomic E-state index is 0.239. The van der Waals surface area contributed by atoms with Crippen molar-refractivity contribution in [3.05, 3.63) is 64.4 Å². The Morgan fingerprint density at radius 1 is 0.933 bits per heavy atom. The van der Waals surface area contributed by atoms with Crippen LogP contribution in [0.5, 0.6) is 17.2 Å². The van der Waals surface area contributed by atoms with Crippen LogP contribution in [0.2, 0.25) is 0 Å². The third-order valence-corrected chi connectivity index (χ3v) is 4.47. The molecule has 0 saturated carbocycles. The van der Waals surface area contributed by atoms with Gasteiger partial charge in [0.05, 0.1) is 32.7 Å². The summed E-state index contributed by atoms with van der Waals surface area (Å²) in [6, 6.07) is 13.7. The summed E-state index contributed by atoms with van der Waals surface area (Å²) in [5, 5.41) is 7.10. The van der Waals surface area contributed by atoms with Crippen molar-refractivity contribution in [2.24, 2.45) is 0 Å². The van der Waals surface area contributed by atoms with Crippen molar-refractivity contribution in [1.82, 2.24) is 9.78 Å². The van der Waals surface area contributed by atoms with Crippen LogP contribution >= 0.6 is 0 Å². The van der Waals surface area contributed by atoms with Crippen molar-refractivity contribution in [2.45, 2.75) is 13.5 Å². The number of hydrogen-bond acceptors (Lipinski definition) is 6. The van der Waals surface area contributed by atoms with Gasteiger partial charge in [0.1, 0.15) is 12.3 Å². The number of rotatable bonds is 7. The molecule has 3 aromatic rings. The first-order chi connectivity index (χ1) is 14.4. The number of aryl methyl sites for hydroxylation is 1. The predicted molar refractivity (Wildman–Crippen MR) is 113 cm³/mol. The Bertz CT molecular complexity index is 1120. The van der Waals surface area contributed by atoms with Crippen LogP contribution in [0.15, 0.2) is 53.3 Å². The van der Waals surface area contributed by atoms with Crippen molar-refractivity contribution in [3.8, 4) is 28.5 Å². The lowest BCUT2D eigenvalue weighted by Crippen LogP contribution is -2.29. The second kappa shape index (κ2) is 9.13. The minimum Gasteiger partial charge on any atom is -0.495 e. The summed E-state index contributed by atoms with van der Waals surface area (Å²) in [6.07, 6.45) is 0. The van der Waals surface area contributed by atoms with E-state index in [2.05, 4.69) is 10.4 Å². The summed E-state index contributed by atoms with van der Waals surface area (Å²) < 4.78 is 16.9. The maximum Gasteiger partial charge on any atom is 0.267 e. The summed E-state index contributed by atoms with van der Waals surface area (Å²) in [5.41, 5.74) is 2.37. The highest BCUT2D eigenvalue weighted by Gasteiger charge is 2.12.